The highest BCUT2D eigenvalue weighted by molar-refractivity contribution is 5.58. The molecule has 9 nitrogen and oxygen atoms in total. The number of nitrogens with one attached hydrogen (secondary N) is 1. The van der Waals surface area contributed by atoms with E-state index in [4.69, 9.17) is 10.9 Å². The second-order valence-corrected chi connectivity index (χ2v) is 3.36. The molecule has 0 aromatic carbocycles. The van der Waals surface area contributed by atoms with Crippen LogP contribution in [0.3, 0.4) is 0 Å². The first kappa shape index (κ1) is 14.9. The second-order valence-electron chi connectivity index (χ2n) is 3.36. The van der Waals surface area contributed by atoms with Gasteiger partial charge in [0.1, 0.15) is 6.20 Å². The largest absolute Gasteiger partial charge is 0.395 e. The van der Waals surface area contributed by atoms with E-state index in [1.165, 1.54) is 0 Å². The number of alkyl halides is 2. The average molecular weight is 278 g/mol. The molecule has 0 fully saturated rings. The number of nitrogen functional groups attached to an aromatic ring is 1. The Hall–Kier alpha value is -2.14. The van der Waals surface area contributed by atoms with E-state index in [1.54, 1.807) is 0 Å². The van der Waals surface area contributed by atoms with Crippen LogP contribution in [0.15, 0.2) is 6.20 Å². The van der Waals surface area contributed by atoms with E-state index in [2.05, 4.69) is 15.4 Å². The number of aliphatic hydroxyl groups is 1. The van der Waals surface area contributed by atoms with Crippen LogP contribution < -0.4 is 16.2 Å². The molecule has 19 heavy (non-hydrogen) atoms. The third-order valence-electron chi connectivity index (χ3n) is 2.10. The minimum Gasteiger partial charge on any atom is -0.395 e. The molecule has 106 valence electrons. The summed E-state index contributed by atoms with van der Waals surface area (Å²) in [7, 11) is 0. The fraction of sp³-hybridized carbons (Fsp3) is 0.500. The Labute approximate surface area is 106 Å². The maximum atomic E-state index is 12.4. The van der Waals surface area contributed by atoms with Crippen molar-refractivity contribution in [2.75, 3.05) is 30.0 Å². The minimum atomic E-state index is -2.74. The molecule has 0 aliphatic carbocycles. The Bertz CT molecular complexity index is 446. The molecule has 1 heterocycles. The van der Waals surface area contributed by atoms with Crippen LogP contribution in [0, 0.1) is 10.1 Å². The SMILES string of the molecule is NNc1ncc([N+](=O)[O-])c(N(CCO)CC(F)F)n1. The molecule has 0 atom stereocenters. The van der Waals surface area contributed by atoms with Gasteiger partial charge in [-0.3, -0.25) is 15.5 Å². The Morgan fingerprint density at radius 3 is 2.79 bits per heavy atom. The van der Waals surface area contributed by atoms with Crippen molar-refractivity contribution in [2.24, 2.45) is 5.84 Å². The zero-order valence-electron chi connectivity index (χ0n) is 9.66. The predicted molar refractivity (Wildman–Crippen MR) is 61.8 cm³/mol. The Morgan fingerprint density at radius 1 is 1.63 bits per heavy atom. The van der Waals surface area contributed by atoms with Crippen molar-refractivity contribution >= 4 is 17.5 Å². The highest BCUT2D eigenvalue weighted by atomic mass is 19.3. The van der Waals surface area contributed by atoms with Crippen molar-refractivity contribution in [2.45, 2.75) is 6.43 Å². The molecule has 0 bridgehead atoms. The summed E-state index contributed by atoms with van der Waals surface area (Å²) in [6.07, 6.45) is -1.89. The molecule has 4 N–H and O–H groups in total. The van der Waals surface area contributed by atoms with Crippen molar-refractivity contribution in [3.05, 3.63) is 16.3 Å². The lowest BCUT2D eigenvalue weighted by atomic mass is 10.4. The van der Waals surface area contributed by atoms with Crippen LogP contribution in [0.1, 0.15) is 0 Å². The lowest BCUT2D eigenvalue weighted by Gasteiger charge is -2.21. The number of nitro groups is 1. The van der Waals surface area contributed by atoms with Gasteiger partial charge in [0.15, 0.2) is 0 Å². The van der Waals surface area contributed by atoms with Crippen LogP contribution >= 0.6 is 0 Å². The number of hydrogen-bond donors (Lipinski definition) is 3. The fourth-order valence-corrected chi connectivity index (χ4v) is 1.37. The van der Waals surface area contributed by atoms with Gasteiger partial charge in [0, 0.05) is 6.54 Å². The number of anilines is 2. The van der Waals surface area contributed by atoms with E-state index in [-0.39, 0.29) is 18.3 Å². The number of aromatic nitrogens is 2. The van der Waals surface area contributed by atoms with Crippen molar-refractivity contribution in [1.82, 2.24) is 9.97 Å². The zero-order valence-corrected chi connectivity index (χ0v) is 9.66. The van der Waals surface area contributed by atoms with Gasteiger partial charge in [-0.25, -0.2) is 19.6 Å². The van der Waals surface area contributed by atoms with Gasteiger partial charge < -0.3 is 10.0 Å². The minimum absolute atomic E-state index is 0.155. The first-order chi connectivity index (χ1) is 8.99. The number of nitrogens with zero attached hydrogens (tertiary/aromatic N) is 4. The highest BCUT2D eigenvalue weighted by Crippen LogP contribution is 2.26. The molecule has 0 saturated carbocycles. The van der Waals surface area contributed by atoms with Crippen molar-refractivity contribution in [3.63, 3.8) is 0 Å². The Balaban J connectivity index is 3.20. The molecule has 11 heteroatoms. The Morgan fingerprint density at radius 2 is 2.32 bits per heavy atom. The van der Waals surface area contributed by atoms with Gasteiger partial charge in [-0.2, -0.15) is 4.98 Å². The van der Waals surface area contributed by atoms with Crippen LogP contribution in [0.4, 0.5) is 26.2 Å². The molecule has 1 aromatic rings. The van der Waals surface area contributed by atoms with Crippen LogP contribution in [-0.2, 0) is 0 Å². The van der Waals surface area contributed by atoms with E-state index in [0.717, 1.165) is 11.1 Å². The zero-order chi connectivity index (χ0) is 14.4. The summed E-state index contributed by atoms with van der Waals surface area (Å²) < 4.78 is 24.9. The molecule has 0 unspecified atom stereocenters. The van der Waals surface area contributed by atoms with Crippen molar-refractivity contribution < 1.29 is 18.8 Å². The monoisotopic (exact) mass is 278 g/mol. The first-order valence-electron chi connectivity index (χ1n) is 5.11. The van der Waals surface area contributed by atoms with E-state index in [1.807, 2.05) is 0 Å². The van der Waals surface area contributed by atoms with Gasteiger partial charge in [0.25, 0.3) is 6.43 Å². The van der Waals surface area contributed by atoms with E-state index < -0.39 is 30.2 Å². The molecule has 0 amide bonds. The van der Waals surface area contributed by atoms with Gasteiger partial charge >= 0.3 is 5.69 Å². The first-order valence-corrected chi connectivity index (χ1v) is 5.11. The lowest BCUT2D eigenvalue weighted by molar-refractivity contribution is -0.384. The summed E-state index contributed by atoms with van der Waals surface area (Å²) in [5, 5.41) is 19.6. The molecule has 1 rings (SSSR count). The molecular weight excluding hydrogens is 266 g/mol. The summed E-state index contributed by atoms with van der Waals surface area (Å²) >= 11 is 0. The highest BCUT2D eigenvalue weighted by Gasteiger charge is 2.24. The molecule has 0 aliphatic heterocycles. The number of nitrogens with two attached hydrogens (primary N) is 1. The van der Waals surface area contributed by atoms with Crippen LogP contribution in [0.25, 0.3) is 0 Å². The predicted octanol–water partition coefficient (Wildman–Crippen LogP) is -0.266. The molecule has 0 aliphatic rings. The number of hydrazine groups is 1. The fourth-order valence-electron chi connectivity index (χ4n) is 1.37. The van der Waals surface area contributed by atoms with Gasteiger partial charge in [0.2, 0.25) is 11.8 Å². The van der Waals surface area contributed by atoms with Gasteiger partial charge in [-0.05, 0) is 0 Å². The van der Waals surface area contributed by atoms with Crippen LogP contribution in [-0.4, -0.2) is 46.1 Å². The molecule has 0 spiro atoms. The van der Waals surface area contributed by atoms with Gasteiger partial charge in [-0.1, -0.05) is 0 Å². The van der Waals surface area contributed by atoms with Crippen molar-refractivity contribution in [1.29, 1.82) is 0 Å². The second kappa shape index (κ2) is 6.70. The molecule has 0 saturated heterocycles. The van der Waals surface area contributed by atoms with E-state index in [9.17, 15) is 18.9 Å². The summed E-state index contributed by atoms with van der Waals surface area (Å²) in [4.78, 5) is 18.1. The third kappa shape index (κ3) is 3.93. The van der Waals surface area contributed by atoms with Crippen LogP contribution in [0.2, 0.25) is 0 Å². The maximum Gasteiger partial charge on any atom is 0.329 e. The van der Waals surface area contributed by atoms with E-state index >= 15 is 0 Å². The van der Waals surface area contributed by atoms with E-state index in [0.29, 0.717) is 0 Å². The quantitative estimate of drug-likeness (QED) is 0.353. The molecular formula is C8H12F2N6O3. The topological polar surface area (TPSA) is 130 Å². The molecule has 1 aromatic heterocycles. The number of hydrogen-bond acceptors (Lipinski definition) is 8. The number of halogens is 2. The van der Waals surface area contributed by atoms with Gasteiger partial charge in [0.05, 0.1) is 18.1 Å². The van der Waals surface area contributed by atoms with Crippen LogP contribution in [0.5, 0.6) is 0 Å². The van der Waals surface area contributed by atoms with Gasteiger partial charge in [-0.15, -0.1) is 0 Å². The summed E-state index contributed by atoms with van der Waals surface area (Å²) in [6.45, 7) is -1.49. The summed E-state index contributed by atoms with van der Waals surface area (Å²) in [6, 6.07) is 0. The Kier molecular flexibility index (Phi) is 5.26. The molecule has 0 radical (unpaired) electrons. The lowest BCUT2D eigenvalue weighted by Crippen LogP contribution is -2.33. The summed E-state index contributed by atoms with van der Waals surface area (Å²) in [5.41, 5.74) is 1.51. The third-order valence-corrected chi connectivity index (χ3v) is 2.10. The van der Waals surface area contributed by atoms with Crippen molar-refractivity contribution in [3.8, 4) is 0 Å². The maximum absolute atomic E-state index is 12.4. The average Bonchev–Trinajstić information content (AvgIpc) is 2.36. The number of aliphatic hydroxyl groups excluding tert-OH is 1. The number of rotatable bonds is 7. The standard InChI is InChI=1S/C8H12F2N6O3/c9-6(10)4-15(1-2-17)7-5(16(18)19)3-12-8(13-7)14-11/h3,6,17H,1-2,4,11H2,(H,12,13,14). The summed E-state index contributed by atoms with van der Waals surface area (Å²) in [5.74, 6) is 4.57. The normalized spacial score (nSPS) is 10.6. The smallest absolute Gasteiger partial charge is 0.329 e.